The van der Waals surface area contributed by atoms with Gasteiger partial charge in [0.2, 0.25) is 5.91 Å². The molecule has 1 unspecified atom stereocenters. The van der Waals surface area contributed by atoms with Crippen molar-refractivity contribution >= 4 is 11.8 Å². The molecule has 3 rings (SSSR count). The Balaban J connectivity index is 1.56. The molecule has 0 spiro atoms. The Morgan fingerprint density at radius 1 is 1.19 bits per heavy atom. The van der Waals surface area contributed by atoms with E-state index in [0.29, 0.717) is 12.5 Å². The number of oxazole rings is 1. The predicted molar refractivity (Wildman–Crippen MR) is 122 cm³/mol. The van der Waals surface area contributed by atoms with Crippen LogP contribution in [0.1, 0.15) is 85.6 Å². The van der Waals surface area contributed by atoms with Gasteiger partial charge in [-0.2, -0.15) is 0 Å². The molecule has 174 valence electrons. The van der Waals surface area contributed by atoms with Gasteiger partial charge in [0.05, 0.1) is 6.61 Å². The van der Waals surface area contributed by atoms with Crippen molar-refractivity contribution in [2.24, 2.45) is 5.92 Å². The van der Waals surface area contributed by atoms with Crippen LogP contribution in [0.4, 0.5) is 0 Å². The van der Waals surface area contributed by atoms with Gasteiger partial charge >= 0.3 is 0 Å². The average molecular weight is 442 g/mol. The van der Waals surface area contributed by atoms with Gasteiger partial charge in [0.25, 0.3) is 5.91 Å². The minimum atomic E-state index is -0.220. The molecule has 1 fully saturated rings. The molecule has 1 atom stereocenters. The maximum Gasteiger partial charge on any atom is 0.275 e. The number of carbonyl (C=O) groups excluding carboxylic acids is 2. The van der Waals surface area contributed by atoms with Crippen LogP contribution >= 0.6 is 0 Å². The van der Waals surface area contributed by atoms with E-state index in [1.54, 1.807) is 14.1 Å². The lowest BCUT2D eigenvalue weighted by molar-refractivity contribution is -0.135. The van der Waals surface area contributed by atoms with Gasteiger partial charge in [0.1, 0.15) is 6.26 Å². The highest BCUT2D eigenvalue weighted by Crippen LogP contribution is 2.31. The normalized spacial score (nSPS) is 15.3. The summed E-state index contributed by atoms with van der Waals surface area (Å²) in [5.74, 6) is 0.599. The van der Waals surface area contributed by atoms with Crippen LogP contribution in [0.2, 0.25) is 0 Å². The monoisotopic (exact) mass is 441 g/mol. The van der Waals surface area contributed by atoms with Gasteiger partial charge in [0.15, 0.2) is 11.6 Å². The van der Waals surface area contributed by atoms with Crippen molar-refractivity contribution in [2.75, 3.05) is 14.1 Å². The zero-order valence-electron chi connectivity index (χ0n) is 19.2. The van der Waals surface area contributed by atoms with E-state index >= 15 is 0 Å². The molecule has 1 aliphatic rings. The average Bonchev–Trinajstić information content (AvgIpc) is 3.29. The number of hydrogen-bond acceptors (Lipinski definition) is 5. The number of rotatable bonds is 11. The predicted octanol–water partition coefficient (Wildman–Crippen LogP) is 4.85. The Labute approximate surface area is 190 Å². The summed E-state index contributed by atoms with van der Waals surface area (Å²) in [5, 5.41) is 0. The van der Waals surface area contributed by atoms with Crippen LogP contribution in [-0.4, -0.2) is 35.8 Å². The van der Waals surface area contributed by atoms with Crippen molar-refractivity contribution in [1.82, 2.24) is 15.4 Å². The fourth-order valence-corrected chi connectivity index (χ4v) is 4.28. The molecule has 1 N–H and O–H groups in total. The van der Waals surface area contributed by atoms with E-state index in [9.17, 15) is 9.59 Å². The van der Waals surface area contributed by atoms with Crippen molar-refractivity contribution in [1.29, 1.82) is 0 Å². The van der Waals surface area contributed by atoms with Crippen LogP contribution in [0.5, 0.6) is 0 Å². The molecule has 1 aliphatic carbocycles. The summed E-state index contributed by atoms with van der Waals surface area (Å²) >= 11 is 0. The van der Waals surface area contributed by atoms with E-state index in [1.165, 1.54) is 43.3 Å². The van der Waals surface area contributed by atoms with E-state index < -0.39 is 0 Å². The van der Waals surface area contributed by atoms with Crippen molar-refractivity contribution < 1.29 is 18.8 Å². The maximum absolute atomic E-state index is 12.6. The van der Waals surface area contributed by atoms with Crippen LogP contribution in [0, 0.1) is 5.92 Å². The van der Waals surface area contributed by atoms with Crippen molar-refractivity contribution in [2.45, 2.75) is 70.3 Å². The first-order valence-corrected chi connectivity index (χ1v) is 11.6. The van der Waals surface area contributed by atoms with Crippen molar-refractivity contribution in [3.05, 3.63) is 53.7 Å². The van der Waals surface area contributed by atoms with Crippen LogP contribution in [0.3, 0.4) is 0 Å². The van der Waals surface area contributed by atoms with Gasteiger partial charge in [-0.15, -0.1) is 0 Å². The second kappa shape index (κ2) is 12.4. The summed E-state index contributed by atoms with van der Waals surface area (Å²) in [6, 6.07) is 9.67. The SMILES string of the molecule is CN(C)C(=O)c1coc(C(CCCC2CCCCC2)CC(=O)NOCc2ccccc2)n1. The van der Waals surface area contributed by atoms with E-state index in [4.69, 9.17) is 9.25 Å². The molecule has 1 aromatic carbocycles. The van der Waals surface area contributed by atoms with Gasteiger partial charge in [-0.25, -0.2) is 10.5 Å². The van der Waals surface area contributed by atoms with Crippen LogP contribution < -0.4 is 5.48 Å². The number of benzene rings is 1. The molecule has 1 saturated carbocycles. The van der Waals surface area contributed by atoms with Crippen molar-refractivity contribution in [3.8, 4) is 0 Å². The Bertz CT molecular complexity index is 844. The molecule has 7 heteroatoms. The Kier molecular flexibility index (Phi) is 9.28. The lowest BCUT2D eigenvalue weighted by Crippen LogP contribution is -2.25. The highest BCUT2D eigenvalue weighted by molar-refractivity contribution is 5.91. The van der Waals surface area contributed by atoms with Crippen LogP contribution in [-0.2, 0) is 16.2 Å². The van der Waals surface area contributed by atoms with E-state index in [2.05, 4.69) is 10.5 Å². The molecule has 1 heterocycles. The number of nitrogens with one attached hydrogen (secondary N) is 1. The molecule has 0 aliphatic heterocycles. The quantitative estimate of drug-likeness (QED) is 0.504. The Hall–Kier alpha value is -2.67. The third-order valence-electron chi connectivity index (χ3n) is 6.09. The first-order valence-electron chi connectivity index (χ1n) is 11.6. The van der Waals surface area contributed by atoms with Crippen LogP contribution in [0.25, 0.3) is 0 Å². The van der Waals surface area contributed by atoms with Gasteiger partial charge in [-0.05, 0) is 17.9 Å². The number of carbonyl (C=O) groups is 2. The summed E-state index contributed by atoms with van der Waals surface area (Å²) in [4.78, 5) is 36.0. The van der Waals surface area contributed by atoms with Gasteiger partial charge in [-0.3, -0.25) is 14.4 Å². The molecular formula is C25H35N3O4. The van der Waals surface area contributed by atoms with Crippen molar-refractivity contribution in [3.63, 3.8) is 0 Å². The molecule has 1 aromatic heterocycles. The van der Waals surface area contributed by atoms with Gasteiger partial charge in [-0.1, -0.05) is 75.3 Å². The summed E-state index contributed by atoms with van der Waals surface area (Å²) in [7, 11) is 3.35. The summed E-state index contributed by atoms with van der Waals surface area (Å²) in [5.41, 5.74) is 3.78. The molecule has 7 nitrogen and oxygen atoms in total. The number of nitrogens with zero attached hydrogens (tertiary/aromatic N) is 2. The second-order valence-electron chi connectivity index (χ2n) is 8.91. The van der Waals surface area contributed by atoms with E-state index in [1.807, 2.05) is 30.3 Å². The fraction of sp³-hybridized carbons (Fsp3) is 0.560. The molecule has 0 radical (unpaired) electrons. The first-order chi connectivity index (χ1) is 15.5. The molecule has 0 bridgehead atoms. The zero-order valence-corrected chi connectivity index (χ0v) is 19.2. The molecular weight excluding hydrogens is 406 g/mol. The Morgan fingerprint density at radius 2 is 1.94 bits per heavy atom. The van der Waals surface area contributed by atoms with Gasteiger partial charge in [0, 0.05) is 26.4 Å². The largest absolute Gasteiger partial charge is 0.448 e. The number of amides is 2. The third-order valence-corrected chi connectivity index (χ3v) is 6.09. The number of aromatic nitrogens is 1. The maximum atomic E-state index is 12.6. The summed E-state index contributed by atoms with van der Waals surface area (Å²) in [6.07, 6.45) is 11.2. The Morgan fingerprint density at radius 3 is 2.66 bits per heavy atom. The number of hydrogen-bond donors (Lipinski definition) is 1. The lowest BCUT2D eigenvalue weighted by atomic mass is 9.84. The minimum Gasteiger partial charge on any atom is -0.448 e. The summed E-state index contributed by atoms with van der Waals surface area (Å²) < 4.78 is 5.64. The standard InChI is InChI=1S/C25H35N3O4/c1-28(2)25(30)22-18-31-24(26-22)21(15-9-14-19-10-5-3-6-11-19)16-23(29)27-32-17-20-12-7-4-8-13-20/h4,7-8,12-13,18-19,21H,3,5-6,9-11,14-17H2,1-2H3,(H,27,29). The minimum absolute atomic E-state index is 0.192. The topological polar surface area (TPSA) is 84.7 Å². The molecule has 2 aromatic rings. The highest BCUT2D eigenvalue weighted by atomic mass is 16.6. The highest BCUT2D eigenvalue weighted by Gasteiger charge is 2.24. The molecule has 0 saturated heterocycles. The number of hydroxylamine groups is 1. The molecule has 32 heavy (non-hydrogen) atoms. The fourth-order valence-electron chi connectivity index (χ4n) is 4.28. The van der Waals surface area contributed by atoms with Gasteiger partial charge < -0.3 is 9.32 Å². The van der Waals surface area contributed by atoms with E-state index in [0.717, 1.165) is 30.7 Å². The smallest absolute Gasteiger partial charge is 0.275 e. The third kappa shape index (κ3) is 7.48. The summed E-state index contributed by atoms with van der Waals surface area (Å²) in [6.45, 7) is 0.305. The van der Waals surface area contributed by atoms with E-state index in [-0.39, 0.29) is 29.8 Å². The zero-order chi connectivity index (χ0) is 22.8. The molecule has 2 amide bonds. The first kappa shape index (κ1) is 24.0. The lowest BCUT2D eigenvalue weighted by Gasteiger charge is -2.22. The second-order valence-corrected chi connectivity index (χ2v) is 8.91. The van der Waals surface area contributed by atoms with Crippen LogP contribution in [0.15, 0.2) is 41.0 Å².